The SMILES string of the molecule is CCC1(CC)C(=O)N(C(CCCCNC(=O)OCc2ccccc2)C(=O)O)C(=S)N(C(CCC(=O)O)C(=O)O)C1=O. The van der Waals surface area contributed by atoms with Crippen molar-refractivity contribution in [1.82, 2.24) is 15.1 Å². The average molecular weight is 594 g/mol. The molecule has 2 rings (SSSR count). The number of amides is 3. The highest BCUT2D eigenvalue weighted by molar-refractivity contribution is 7.80. The van der Waals surface area contributed by atoms with Crippen molar-refractivity contribution in [3.05, 3.63) is 35.9 Å². The Bertz CT molecular complexity index is 1160. The lowest BCUT2D eigenvalue weighted by Gasteiger charge is -2.48. The molecule has 3 amide bonds. The molecule has 1 aliphatic rings. The van der Waals surface area contributed by atoms with E-state index in [1.807, 2.05) is 18.2 Å². The number of carboxylic acid groups (broad SMARTS) is 3. The minimum Gasteiger partial charge on any atom is -0.481 e. The quantitative estimate of drug-likeness (QED) is 0.125. The molecule has 41 heavy (non-hydrogen) atoms. The number of thiocarbonyl (C=S) groups is 1. The van der Waals surface area contributed by atoms with E-state index in [4.69, 9.17) is 22.1 Å². The summed E-state index contributed by atoms with van der Waals surface area (Å²) in [5.74, 6) is -5.98. The van der Waals surface area contributed by atoms with Gasteiger partial charge in [-0.2, -0.15) is 0 Å². The molecule has 0 aromatic heterocycles. The number of benzene rings is 1. The number of hydrogen-bond donors (Lipinski definition) is 4. The molecule has 1 aliphatic heterocycles. The van der Waals surface area contributed by atoms with Gasteiger partial charge in [-0.3, -0.25) is 24.2 Å². The van der Waals surface area contributed by atoms with E-state index in [9.17, 15) is 39.0 Å². The highest BCUT2D eigenvalue weighted by Gasteiger charge is 2.58. The fourth-order valence-corrected chi connectivity index (χ4v) is 5.08. The van der Waals surface area contributed by atoms with E-state index in [2.05, 4.69) is 5.32 Å². The van der Waals surface area contributed by atoms with Crippen LogP contribution in [0.1, 0.15) is 64.4 Å². The van der Waals surface area contributed by atoms with Gasteiger partial charge in [0.2, 0.25) is 11.8 Å². The summed E-state index contributed by atoms with van der Waals surface area (Å²) in [6.45, 7) is 3.34. The van der Waals surface area contributed by atoms with Gasteiger partial charge < -0.3 is 25.4 Å². The van der Waals surface area contributed by atoms with Crippen molar-refractivity contribution in [2.24, 2.45) is 5.41 Å². The molecule has 224 valence electrons. The van der Waals surface area contributed by atoms with Gasteiger partial charge in [0, 0.05) is 13.0 Å². The number of alkyl carbamates (subject to hydrolysis) is 1. The normalized spacial score (nSPS) is 16.2. The zero-order valence-electron chi connectivity index (χ0n) is 22.9. The molecule has 0 saturated carbocycles. The highest BCUT2D eigenvalue weighted by Crippen LogP contribution is 2.39. The zero-order chi connectivity index (χ0) is 30.7. The number of unbranched alkanes of at least 4 members (excludes halogenated alkanes) is 1. The Kier molecular flexibility index (Phi) is 12.2. The standard InChI is InChI=1S/C27H35N3O10S/c1-3-27(4-2)23(37)29(26(41)30(24(27)38)19(22(35)36)13-14-20(31)32)18(21(33)34)12-8-9-15-28-25(39)40-16-17-10-6-5-7-11-17/h5-7,10-11,18-19H,3-4,8-9,12-16H2,1-2H3,(H,28,39)(H,31,32)(H,33,34)(H,35,36). The van der Waals surface area contributed by atoms with E-state index >= 15 is 0 Å². The molecule has 1 heterocycles. The van der Waals surface area contributed by atoms with Gasteiger partial charge >= 0.3 is 24.0 Å². The van der Waals surface area contributed by atoms with E-state index < -0.39 is 71.3 Å². The topological polar surface area (TPSA) is 191 Å². The van der Waals surface area contributed by atoms with Gasteiger partial charge in [0.1, 0.15) is 24.1 Å². The fourth-order valence-electron chi connectivity index (χ4n) is 4.66. The summed E-state index contributed by atoms with van der Waals surface area (Å²) >= 11 is 5.34. The Morgan fingerprint density at radius 3 is 1.93 bits per heavy atom. The minimum atomic E-state index is -1.77. The van der Waals surface area contributed by atoms with Crippen LogP contribution in [0.5, 0.6) is 0 Å². The number of carbonyl (C=O) groups excluding carboxylic acids is 3. The van der Waals surface area contributed by atoms with Crippen molar-refractivity contribution < 1.29 is 48.8 Å². The molecule has 1 saturated heterocycles. The molecular weight excluding hydrogens is 558 g/mol. The molecule has 0 bridgehead atoms. The first-order valence-electron chi connectivity index (χ1n) is 13.2. The molecule has 0 spiro atoms. The van der Waals surface area contributed by atoms with Crippen LogP contribution in [0.2, 0.25) is 0 Å². The van der Waals surface area contributed by atoms with E-state index in [0.717, 1.165) is 10.5 Å². The molecule has 1 aromatic carbocycles. The van der Waals surface area contributed by atoms with Gasteiger partial charge in [-0.25, -0.2) is 14.4 Å². The maximum atomic E-state index is 13.7. The molecule has 1 fully saturated rings. The van der Waals surface area contributed by atoms with Crippen molar-refractivity contribution in [2.75, 3.05) is 6.54 Å². The molecule has 0 aliphatic carbocycles. The van der Waals surface area contributed by atoms with Crippen LogP contribution < -0.4 is 5.32 Å². The van der Waals surface area contributed by atoms with Crippen molar-refractivity contribution >= 4 is 53.1 Å². The average Bonchev–Trinajstić information content (AvgIpc) is 2.93. The second-order valence-corrected chi connectivity index (χ2v) is 9.91. The summed E-state index contributed by atoms with van der Waals surface area (Å²) < 4.78 is 5.13. The maximum absolute atomic E-state index is 13.7. The van der Waals surface area contributed by atoms with Crippen LogP contribution in [0.15, 0.2) is 30.3 Å². The number of hydrogen-bond acceptors (Lipinski definition) is 8. The number of nitrogens with one attached hydrogen (secondary N) is 1. The molecular formula is C27H35N3O10S. The first-order chi connectivity index (χ1) is 19.4. The summed E-state index contributed by atoms with van der Waals surface area (Å²) in [4.78, 5) is 76.2. The second kappa shape index (κ2) is 15.1. The van der Waals surface area contributed by atoms with E-state index in [1.165, 1.54) is 0 Å². The van der Waals surface area contributed by atoms with Gasteiger partial charge in [-0.15, -0.1) is 0 Å². The number of carboxylic acids is 3. The third-order valence-electron chi connectivity index (χ3n) is 7.09. The first kappa shape index (κ1) is 33.1. The largest absolute Gasteiger partial charge is 0.481 e. The van der Waals surface area contributed by atoms with Crippen LogP contribution in [-0.4, -0.2) is 84.7 Å². The molecule has 2 unspecified atom stereocenters. The molecule has 1 aromatic rings. The van der Waals surface area contributed by atoms with Crippen LogP contribution in [0, 0.1) is 5.41 Å². The Balaban J connectivity index is 2.16. The van der Waals surface area contributed by atoms with Gasteiger partial charge in [-0.1, -0.05) is 44.2 Å². The van der Waals surface area contributed by atoms with Crippen molar-refractivity contribution in [3.8, 4) is 0 Å². The molecule has 0 radical (unpaired) electrons. The lowest BCUT2D eigenvalue weighted by molar-refractivity contribution is -0.167. The maximum Gasteiger partial charge on any atom is 0.407 e. The van der Waals surface area contributed by atoms with Crippen LogP contribution in [0.3, 0.4) is 0 Å². The summed E-state index contributed by atoms with van der Waals surface area (Å²) in [6.07, 6.45) is -1.40. The summed E-state index contributed by atoms with van der Waals surface area (Å²) in [5, 5.41) is 30.9. The predicted molar refractivity (Wildman–Crippen MR) is 148 cm³/mol. The van der Waals surface area contributed by atoms with Gasteiger partial charge in [-0.05, 0) is 56.3 Å². The summed E-state index contributed by atoms with van der Waals surface area (Å²) in [7, 11) is 0. The Labute approximate surface area is 242 Å². The number of nitrogens with zero attached hydrogens (tertiary/aromatic N) is 2. The van der Waals surface area contributed by atoms with Crippen molar-refractivity contribution in [3.63, 3.8) is 0 Å². The lowest BCUT2D eigenvalue weighted by Crippen LogP contribution is -2.70. The fraction of sp³-hybridized carbons (Fsp3) is 0.519. The third kappa shape index (κ3) is 7.99. The van der Waals surface area contributed by atoms with Crippen LogP contribution in [-0.2, 0) is 35.3 Å². The molecule has 2 atom stereocenters. The van der Waals surface area contributed by atoms with Crippen molar-refractivity contribution in [1.29, 1.82) is 0 Å². The second-order valence-electron chi connectivity index (χ2n) is 9.55. The third-order valence-corrected chi connectivity index (χ3v) is 7.48. The Morgan fingerprint density at radius 2 is 1.44 bits per heavy atom. The lowest BCUT2D eigenvalue weighted by atomic mass is 9.77. The molecule has 4 N–H and O–H groups in total. The molecule has 14 heteroatoms. The van der Waals surface area contributed by atoms with E-state index in [1.54, 1.807) is 26.0 Å². The van der Waals surface area contributed by atoms with Gasteiger partial charge in [0.25, 0.3) is 0 Å². The Morgan fingerprint density at radius 1 is 0.902 bits per heavy atom. The smallest absolute Gasteiger partial charge is 0.407 e. The molecule has 13 nitrogen and oxygen atoms in total. The van der Waals surface area contributed by atoms with E-state index in [0.29, 0.717) is 11.3 Å². The van der Waals surface area contributed by atoms with Gasteiger partial charge in [0.05, 0.1) is 0 Å². The number of rotatable bonds is 16. The van der Waals surface area contributed by atoms with E-state index in [-0.39, 0.29) is 38.8 Å². The predicted octanol–water partition coefficient (Wildman–Crippen LogP) is 2.62. The van der Waals surface area contributed by atoms with Crippen LogP contribution in [0.25, 0.3) is 0 Å². The van der Waals surface area contributed by atoms with Crippen LogP contribution in [0.4, 0.5) is 4.79 Å². The van der Waals surface area contributed by atoms with Gasteiger partial charge in [0.15, 0.2) is 5.11 Å². The van der Waals surface area contributed by atoms with Crippen LogP contribution >= 0.6 is 12.2 Å². The summed E-state index contributed by atoms with van der Waals surface area (Å²) in [6, 6.07) is 5.83. The highest BCUT2D eigenvalue weighted by atomic mass is 32.1. The zero-order valence-corrected chi connectivity index (χ0v) is 23.7. The monoisotopic (exact) mass is 593 g/mol. The Hall–Kier alpha value is -4.07. The van der Waals surface area contributed by atoms with Crippen molar-refractivity contribution in [2.45, 2.75) is 77.5 Å². The number of ether oxygens (including phenoxy) is 1. The number of aliphatic carboxylic acids is 3. The first-order valence-corrected chi connectivity index (χ1v) is 13.6. The summed E-state index contributed by atoms with van der Waals surface area (Å²) in [5.41, 5.74) is -0.957. The minimum absolute atomic E-state index is 0.0522. The number of carbonyl (C=O) groups is 6.